The summed E-state index contributed by atoms with van der Waals surface area (Å²) in [5.74, 6) is 0.0177. The van der Waals surface area contributed by atoms with Crippen molar-refractivity contribution in [1.29, 1.82) is 0 Å². The first-order chi connectivity index (χ1) is 20.4. The van der Waals surface area contributed by atoms with Gasteiger partial charge in [0.25, 0.3) is 11.7 Å². The number of benzene rings is 3. The van der Waals surface area contributed by atoms with Crippen LogP contribution in [0.1, 0.15) is 40.8 Å². The topological polar surface area (TPSA) is 98.2 Å². The largest absolute Gasteiger partial charge is 0.507 e. The predicted octanol–water partition coefficient (Wildman–Crippen LogP) is 5.61. The number of nitrogens with zero attached hydrogens (tertiary/aromatic N) is 2. The molecule has 1 fully saturated rings. The first kappa shape index (κ1) is 27.1. The van der Waals surface area contributed by atoms with Crippen LogP contribution < -0.4 is 14.2 Å². The molecule has 1 saturated heterocycles. The van der Waals surface area contributed by atoms with Crippen LogP contribution in [0.5, 0.6) is 17.2 Å². The van der Waals surface area contributed by atoms with E-state index in [-0.39, 0.29) is 24.0 Å². The highest BCUT2D eigenvalue weighted by Gasteiger charge is 2.46. The molecule has 1 amide bonds. The number of carbonyl (C=O) groups excluding carboxylic acids is 2. The Bertz CT molecular complexity index is 1670. The SMILES string of the molecule is COc1cc([C@@H]2C(=C(O)c3ccc4c(c3)C[C@H](C)O4)C(=O)C(=O)N2Cc2cccnc2)ccc1OCc1ccccc1. The zero-order valence-electron chi connectivity index (χ0n) is 23.3. The minimum atomic E-state index is -0.870. The fourth-order valence-electron chi connectivity index (χ4n) is 5.51. The van der Waals surface area contributed by atoms with Crippen LogP contribution in [0.15, 0.2) is 96.8 Å². The van der Waals surface area contributed by atoms with Crippen LogP contribution in [0, 0.1) is 0 Å². The van der Waals surface area contributed by atoms with E-state index in [0.29, 0.717) is 35.7 Å². The van der Waals surface area contributed by atoms with E-state index in [0.717, 1.165) is 22.4 Å². The van der Waals surface area contributed by atoms with Crippen LogP contribution in [-0.2, 0) is 29.2 Å². The summed E-state index contributed by atoms with van der Waals surface area (Å²) in [6, 6.07) is 23.1. The van der Waals surface area contributed by atoms with Gasteiger partial charge in [-0.2, -0.15) is 0 Å². The molecule has 3 heterocycles. The summed E-state index contributed by atoms with van der Waals surface area (Å²) in [5, 5.41) is 11.6. The third-order valence-electron chi connectivity index (χ3n) is 7.53. The zero-order valence-corrected chi connectivity index (χ0v) is 23.3. The number of methoxy groups -OCH3 is 1. The Labute approximate surface area is 243 Å². The molecule has 0 radical (unpaired) electrons. The first-order valence-corrected chi connectivity index (χ1v) is 13.7. The maximum atomic E-state index is 13.6. The van der Waals surface area contributed by atoms with Gasteiger partial charge >= 0.3 is 0 Å². The Morgan fingerprint density at radius 3 is 2.57 bits per heavy atom. The van der Waals surface area contributed by atoms with E-state index in [9.17, 15) is 14.7 Å². The summed E-state index contributed by atoms with van der Waals surface area (Å²) in [6.45, 7) is 2.45. The quantitative estimate of drug-likeness (QED) is 0.169. The molecule has 1 aromatic heterocycles. The highest BCUT2D eigenvalue weighted by molar-refractivity contribution is 6.46. The second kappa shape index (κ2) is 11.4. The molecule has 0 saturated carbocycles. The van der Waals surface area contributed by atoms with Crippen molar-refractivity contribution in [1.82, 2.24) is 9.88 Å². The fraction of sp³-hybridized carbons (Fsp3) is 0.206. The molecule has 6 rings (SSSR count). The van der Waals surface area contributed by atoms with Gasteiger partial charge < -0.3 is 24.2 Å². The first-order valence-electron chi connectivity index (χ1n) is 13.7. The Balaban J connectivity index is 1.41. The van der Waals surface area contributed by atoms with E-state index >= 15 is 0 Å². The number of fused-ring (bicyclic) bond motifs is 1. The van der Waals surface area contributed by atoms with Gasteiger partial charge in [-0.1, -0.05) is 42.5 Å². The minimum absolute atomic E-state index is 0.0100. The molecular formula is C34H30N2O6. The van der Waals surface area contributed by atoms with E-state index in [4.69, 9.17) is 14.2 Å². The summed E-state index contributed by atoms with van der Waals surface area (Å²) in [4.78, 5) is 32.7. The smallest absolute Gasteiger partial charge is 0.295 e. The Morgan fingerprint density at radius 1 is 1.00 bits per heavy atom. The molecule has 42 heavy (non-hydrogen) atoms. The summed E-state index contributed by atoms with van der Waals surface area (Å²) in [5.41, 5.74) is 3.75. The highest BCUT2D eigenvalue weighted by Crippen LogP contribution is 2.43. The number of aromatic nitrogens is 1. The summed E-state index contributed by atoms with van der Waals surface area (Å²) in [7, 11) is 1.54. The molecule has 2 atom stereocenters. The fourth-order valence-corrected chi connectivity index (χ4v) is 5.51. The van der Waals surface area contributed by atoms with Crippen molar-refractivity contribution in [2.24, 2.45) is 0 Å². The lowest BCUT2D eigenvalue weighted by atomic mass is 9.94. The molecule has 0 aliphatic carbocycles. The van der Waals surface area contributed by atoms with Crippen molar-refractivity contribution in [3.63, 3.8) is 0 Å². The Kier molecular flexibility index (Phi) is 7.35. The number of carbonyl (C=O) groups is 2. The second-order valence-electron chi connectivity index (χ2n) is 10.4. The molecule has 212 valence electrons. The Hall–Kier alpha value is -5.11. The van der Waals surface area contributed by atoms with E-state index in [1.807, 2.05) is 49.4 Å². The number of Topliss-reactive ketones (excluding diaryl/α,β-unsaturated/α-hetero) is 1. The van der Waals surface area contributed by atoms with Crippen molar-refractivity contribution >= 4 is 17.4 Å². The number of hydrogen-bond donors (Lipinski definition) is 1. The van der Waals surface area contributed by atoms with Gasteiger partial charge in [-0.05, 0) is 65.6 Å². The maximum Gasteiger partial charge on any atom is 0.295 e. The standard InChI is InChI=1S/C34H30N2O6/c1-21-15-26-16-25(11-12-27(26)42-21)32(37)30-31(36(34(39)33(30)38)19-23-9-6-14-35-18-23)24-10-13-28(29(17-24)40-2)41-20-22-7-4-3-5-8-22/h3-14,16-18,21,31,37H,15,19-20H2,1-2H3/t21-,31+/m0/s1. The molecule has 0 unspecified atom stereocenters. The number of pyridine rings is 1. The number of aliphatic hydroxyl groups excluding tert-OH is 1. The third-order valence-corrected chi connectivity index (χ3v) is 7.53. The van der Waals surface area contributed by atoms with E-state index < -0.39 is 17.7 Å². The molecule has 1 N–H and O–H groups in total. The third kappa shape index (κ3) is 5.19. The summed E-state index contributed by atoms with van der Waals surface area (Å²) in [6.07, 6.45) is 4.01. The molecular weight excluding hydrogens is 532 g/mol. The highest BCUT2D eigenvalue weighted by atomic mass is 16.5. The Morgan fingerprint density at radius 2 is 1.81 bits per heavy atom. The van der Waals surface area contributed by atoms with Crippen LogP contribution in [0.3, 0.4) is 0 Å². The predicted molar refractivity (Wildman–Crippen MR) is 156 cm³/mol. The molecule has 8 nitrogen and oxygen atoms in total. The maximum absolute atomic E-state index is 13.6. The number of aliphatic hydroxyl groups is 1. The lowest BCUT2D eigenvalue weighted by Gasteiger charge is -2.26. The van der Waals surface area contributed by atoms with Gasteiger partial charge in [0.2, 0.25) is 0 Å². The lowest BCUT2D eigenvalue weighted by molar-refractivity contribution is -0.140. The summed E-state index contributed by atoms with van der Waals surface area (Å²) < 4.78 is 17.5. The average Bonchev–Trinajstić information content (AvgIpc) is 3.51. The number of hydrogen-bond acceptors (Lipinski definition) is 7. The average molecular weight is 563 g/mol. The number of rotatable bonds is 8. The van der Waals surface area contributed by atoms with Crippen LogP contribution >= 0.6 is 0 Å². The van der Waals surface area contributed by atoms with Gasteiger partial charge in [-0.3, -0.25) is 14.6 Å². The number of likely N-dealkylation sites (tertiary alicyclic amines) is 1. The second-order valence-corrected chi connectivity index (χ2v) is 10.4. The number of amides is 1. The van der Waals surface area contributed by atoms with Crippen molar-refractivity contribution in [3.05, 3.63) is 125 Å². The molecule has 8 heteroatoms. The van der Waals surface area contributed by atoms with Crippen molar-refractivity contribution in [2.45, 2.75) is 38.6 Å². The van der Waals surface area contributed by atoms with Gasteiger partial charge in [-0.25, -0.2) is 0 Å². The van der Waals surface area contributed by atoms with Crippen LogP contribution in [0.2, 0.25) is 0 Å². The van der Waals surface area contributed by atoms with Crippen LogP contribution in [0.4, 0.5) is 0 Å². The molecule has 0 bridgehead atoms. The number of ketones is 1. The van der Waals surface area contributed by atoms with Crippen LogP contribution in [0.25, 0.3) is 5.76 Å². The lowest BCUT2D eigenvalue weighted by Crippen LogP contribution is -2.29. The molecule has 2 aliphatic heterocycles. The summed E-state index contributed by atoms with van der Waals surface area (Å²) >= 11 is 0. The van der Waals surface area contributed by atoms with Gasteiger partial charge in [0.05, 0.1) is 18.7 Å². The van der Waals surface area contributed by atoms with Gasteiger partial charge in [0.15, 0.2) is 11.5 Å². The molecule has 3 aromatic carbocycles. The van der Waals surface area contributed by atoms with E-state index in [1.54, 1.807) is 48.8 Å². The normalized spacial score (nSPS) is 19.0. The van der Waals surface area contributed by atoms with Crippen molar-refractivity contribution in [2.75, 3.05) is 7.11 Å². The molecule has 0 spiro atoms. The number of ether oxygens (including phenoxy) is 3. The minimum Gasteiger partial charge on any atom is -0.507 e. The van der Waals surface area contributed by atoms with Gasteiger partial charge in [0.1, 0.15) is 24.2 Å². The molecule has 4 aromatic rings. The zero-order chi connectivity index (χ0) is 29.2. The van der Waals surface area contributed by atoms with E-state index in [2.05, 4.69) is 4.98 Å². The van der Waals surface area contributed by atoms with Gasteiger partial charge in [0, 0.05) is 30.9 Å². The van der Waals surface area contributed by atoms with Crippen molar-refractivity contribution < 1.29 is 28.9 Å². The molecule has 2 aliphatic rings. The van der Waals surface area contributed by atoms with E-state index in [1.165, 1.54) is 12.0 Å². The van der Waals surface area contributed by atoms with Crippen LogP contribution in [-0.4, -0.2) is 39.9 Å². The van der Waals surface area contributed by atoms with Gasteiger partial charge in [-0.15, -0.1) is 0 Å². The monoisotopic (exact) mass is 562 g/mol. The van der Waals surface area contributed by atoms with Crippen molar-refractivity contribution in [3.8, 4) is 17.2 Å².